The number of ether oxygens (including phenoxy) is 1. The molecule has 6 nitrogen and oxygen atoms in total. The van der Waals surface area contributed by atoms with Crippen molar-refractivity contribution in [3.63, 3.8) is 0 Å². The molecule has 2 aromatic heterocycles. The van der Waals surface area contributed by atoms with Crippen LogP contribution in [0.3, 0.4) is 0 Å². The number of fused-ring (bicyclic) bond motifs is 1. The molecule has 0 bridgehead atoms. The number of thiophene rings is 1. The van der Waals surface area contributed by atoms with Crippen LogP contribution in [0, 0.1) is 6.92 Å². The fraction of sp³-hybridized carbons (Fsp3) is 0.400. The van der Waals surface area contributed by atoms with Crippen molar-refractivity contribution in [1.82, 2.24) is 9.55 Å². The van der Waals surface area contributed by atoms with Crippen molar-refractivity contribution < 1.29 is 14.3 Å². The van der Waals surface area contributed by atoms with E-state index in [1.807, 2.05) is 23.6 Å². The molecule has 22 heavy (non-hydrogen) atoms. The summed E-state index contributed by atoms with van der Waals surface area (Å²) in [7, 11) is 1.37. The Morgan fingerprint density at radius 2 is 2.18 bits per heavy atom. The minimum absolute atomic E-state index is 0.0331. The number of aromatic nitrogens is 2. The number of hydrogen-bond acceptors (Lipinski definition) is 5. The predicted octanol–water partition coefficient (Wildman–Crippen LogP) is 2.02. The molecule has 1 aliphatic rings. The average Bonchev–Trinajstić information content (AvgIpc) is 3.13. The maximum Gasteiger partial charge on any atom is 0.311 e. The topological polar surface area (TPSA) is 64.4 Å². The lowest BCUT2D eigenvalue weighted by Crippen LogP contribution is -2.37. The highest BCUT2D eigenvalue weighted by Gasteiger charge is 2.28. The van der Waals surface area contributed by atoms with Gasteiger partial charge in [-0.05, 0) is 25.5 Å². The number of anilines is 1. The minimum Gasteiger partial charge on any atom is -0.469 e. The van der Waals surface area contributed by atoms with Crippen molar-refractivity contribution in [3.05, 3.63) is 33.8 Å². The molecule has 0 unspecified atom stereocenters. The number of carbonyl (C=O) groups is 2. The van der Waals surface area contributed by atoms with Gasteiger partial charge in [-0.1, -0.05) is 0 Å². The van der Waals surface area contributed by atoms with E-state index < -0.39 is 0 Å². The van der Waals surface area contributed by atoms with E-state index in [2.05, 4.69) is 4.98 Å². The normalized spacial score (nSPS) is 13.8. The summed E-state index contributed by atoms with van der Waals surface area (Å²) in [6, 6.07) is 3.79. The highest BCUT2D eigenvalue weighted by molar-refractivity contribution is 7.14. The summed E-state index contributed by atoms with van der Waals surface area (Å²) in [5.74, 6) is 0.274. The maximum absolute atomic E-state index is 12.7. The Hall–Kier alpha value is -2.15. The Morgan fingerprint density at radius 3 is 2.86 bits per heavy atom. The molecular weight excluding hydrogens is 302 g/mol. The van der Waals surface area contributed by atoms with Gasteiger partial charge >= 0.3 is 5.97 Å². The van der Waals surface area contributed by atoms with Crippen LogP contribution < -0.4 is 4.90 Å². The number of nitrogens with zero attached hydrogens (tertiary/aromatic N) is 3. The van der Waals surface area contributed by atoms with Gasteiger partial charge in [-0.15, -0.1) is 11.3 Å². The van der Waals surface area contributed by atoms with Crippen molar-refractivity contribution in [2.45, 2.75) is 26.3 Å². The molecule has 7 heteroatoms. The fourth-order valence-electron chi connectivity index (χ4n) is 2.58. The first-order valence-electron chi connectivity index (χ1n) is 7.09. The van der Waals surface area contributed by atoms with Crippen LogP contribution in [0.1, 0.15) is 26.7 Å². The van der Waals surface area contributed by atoms with E-state index in [-0.39, 0.29) is 18.3 Å². The minimum atomic E-state index is -0.306. The fourth-order valence-corrected chi connectivity index (χ4v) is 3.40. The van der Waals surface area contributed by atoms with Gasteiger partial charge in [0, 0.05) is 18.0 Å². The molecule has 0 aromatic carbocycles. The summed E-state index contributed by atoms with van der Waals surface area (Å²) >= 11 is 1.48. The van der Waals surface area contributed by atoms with Crippen LogP contribution in [0.15, 0.2) is 18.3 Å². The number of carbonyl (C=O) groups excluding carboxylic acids is 2. The summed E-state index contributed by atoms with van der Waals surface area (Å²) in [6.07, 6.45) is 2.66. The standard InChI is InChI=1S/C15H17N3O3S/c1-10-4-5-12(22-10)14(20)18-7-3-6-17-11(8-13(19)21-2)9-16-15(17)18/h4-5,9H,3,6-8H2,1-2H3. The third kappa shape index (κ3) is 2.64. The quantitative estimate of drug-likeness (QED) is 0.812. The first-order chi connectivity index (χ1) is 10.6. The third-order valence-electron chi connectivity index (χ3n) is 3.67. The van der Waals surface area contributed by atoms with Gasteiger partial charge in [0.25, 0.3) is 5.91 Å². The van der Waals surface area contributed by atoms with Crippen LogP contribution in [0.5, 0.6) is 0 Å². The van der Waals surface area contributed by atoms with Gasteiger partial charge in [0.15, 0.2) is 0 Å². The highest BCUT2D eigenvalue weighted by Crippen LogP contribution is 2.26. The zero-order chi connectivity index (χ0) is 15.7. The lowest BCUT2D eigenvalue weighted by molar-refractivity contribution is -0.139. The Balaban J connectivity index is 1.89. The Morgan fingerprint density at radius 1 is 1.36 bits per heavy atom. The molecule has 3 heterocycles. The Labute approximate surface area is 132 Å². The summed E-state index contributed by atoms with van der Waals surface area (Å²) in [6.45, 7) is 3.38. The van der Waals surface area contributed by atoms with E-state index in [0.29, 0.717) is 17.4 Å². The largest absolute Gasteiger partial charge is 0.469 e. The van der Waals surface area contributed by atoms with Crippen LogP contribution in [0.4, 0.5) is 5.95 Å². The number of methoxy groups -OCH3 is 1. The van der Waals surface area contributed by atoms with Crippen LogP contribution in [0.2, 0.25) is 0 Å². The van der Waals surface area contributed by atoms with E-state index in [1.54, 1.807) is 11.1 Å². The lowest BCUT2D eigenvalue weighted by atomic mass is 10.2. The first kappa shape index (κ1) is 14.8. The highest BCUT2D eigenvalue weighted by atomic mass is 32.1. The SMILES string of the molecule is COC(=O)Cc1cnc2n1CCCN2C(=O)c1ccc(C)s1. The van der Waals surface area contributed by atoms with Gasteiger partial charge in [-0.3, -0.25) is 14.5 Å². The van der Waals surface area contributed by atoms with Gasteiger partial charge in [0.2, 0.25) is 5.95 Å². The maximum atomic E-state index is 12.7. The molecule has 0 saturated carbocycles. The molecule has 0 radical (unpaired) electrons. The van der Waals surface area contributed by atoms with E-state index in [4.69, 9.17) is 4.74 Å². The summed E-state index contributed by atoms with van der Waals surface area (Å²) in [5.41, 5.74) is 0.779. The zero-order valence-electron chi connectivity index (χ0n) is 12.5. The molecule has 3 rings (SSSR count). The van der Waals surface area contributed by atoms with Crippen molar-refractivity contribution >= 4 is 29.2 Å². The molecule has 0 atom stereocenters. The lowest BCUT2D eigenvalue weighted by Gasteiger charge is -2.27. The molecule has 0 fully saturated rings. The third-order valence-corrected chi connectivity index (χ3v) is 4.66. The number of rotatable bonds is 3. The van der Waals surface area contributed by atoms with Crippen LogP contribution >= 0.6 is 11.3 Å². The summed E-state index contributed by atoms with van der Waals surface area (Å²) in [5, 5.41) is 0. The number of hydrogen-bond donors (Lipinski definition) is 0. The van der Waals surface area contributed by atoms with Gasteiger partial charge in [-0.2, -0.15) is 0 Å². The molecule has 116 valence electrons. The van der Waals surface area contributed by atoms with Crippen molar-refractivity contribution in [2.24, 2.45) is 0 Å². The summed E-state index contributed by atoms with van der Waals surface area (Å²) < 4.78 is 6.63. The molecule has 1 aliphatic heterocycles. The Kier molecular flexibility index (Phi) is 3.98. The number of imidazole rings is 1. The second-order valence-electron chi connectivity index (χ2n) is 5.17. The second kappa shape index (κ2) is 5.92. The molecule has 0 spiro atoms. The molecule has 0 saturated heterocycles. The van der Waals surface area contributed by atoms with Gasteiger partial charge in [-0.25, -0.2) is 4.98 Å². The van der Waals surface area contributed by atoms with Crippen LogP contribution in [-0.4, -0.2) is 35.1 Å². The smallest absolute Gasteiger partial charge is 0.311 e. The second-order valence-corrected chi connectivity index (χ2v) is 6.46. The zero-order valence-corrected chi connectivity index (χ0v) is 13.4. The first-order valence-corrected chi connectivity index (χ1v) is 7.91. The summed E-state index contributed by atoms with van der Waals surface area (Å²) in [4.78, 5) is 32.0. The Bertz CT molecular complexity index is 719. The van der Waals surface area contributed by atoms with Crippen molar-refractivity contribution in [3.8, 4) is 0 Å². The predicted molar refractivity (Wildman–Crippen MR) is 83.3 cm³/mol. The van der Waals surface area contributed by atoms with Crippen LogP contribution in [0.25, 0.3) is 0 Å². The van der Waals surface area contributed by atoms with Crippen molar-refractivity contribution in [1.29, 1.82) is 0 Å². The molecule has 2 aromatic rings. The van der Waals surface area contributed by atoms with Crippen LogP contribution in [-0.2, 0) is 22.5 Å². The molecule has 1 amide bonds. The van der Waals surface area contributed by atoms with E-state index in [0.717, 1.165) is 23.5 Å². The van der Waals surface area contributed by atoms with Gasteiger partial charge in [0.05, 0.1) is 30.3 Å². The van der Waals surface area contributed by atoms with Gasteiger partial charge < -0.3 is 9.30 Å². The van der Waals surface area contributed by atoms with E-state index in [9.17, 15) is 9.59 Å². The number of amides is 1. The number of esters is 1. The van der Waals surface area contributed by atoms with E-state index in [1.165, 1.54) is 18.4 Å². The molecule has 0 N–H and O–H groups in total. The van der Waals surface area contributed by atoms with Gasteiger partial charge in [0.1, 0.15) is 0 Å². The molecular formula is C15H17N3O3S. The number of aryl methyl sites for hydroxylation is 1. The van der Waals surface area contributed by atoms with E-state index >= 15 is 0 Å². The molecule has 0 aliphatic carbocycles. The average molecular weight is 319 g/mol. The monoisotopic (exact) mass is 319 g/mol. The van der Waals surface area contributed by atoms with Crippen molar-refractivity contribution in [2.75, 3.05) is 18.6 Å².